The van der Waals surface area contributed by atoms with Crippen LogP contribution in [-0.2, 0) is 0 Å². The molecular weight excluding hydrogens is 158 g/mol. The van der Waals surface area contributed by atoms with Crippen molar-refractivity contribution in [1.82, 2.24) is 5.32 Å². The molecule has 13 heavy (non-hydrogen) atoms. The van der Waals surface area contributed by atoms with Crippen LogP contribution in [0, 0.1) is 0 Å². The SMILES string of the molecule is C=C/C=C(\C=C)NC(C)(C)CC=C. The van der Waals surface area contributed by atoms with Crippen LogP contribution in [-0.4, -0.2) is 5.54 Å². The van der Waals surface area contributed by atoms with Crippen molar-refractivity contribution in [3.05, 3.63) is 49.7 Å². The van der Waals surface area contributed by atoms with E-state index < -0.39 is 0 Å². The summed E-state index contributed by atoms with van der Waals surface area (Å²) < 4.78 is 0. The molecule has 0 aliphatic heterocycles. The fourth-order valence-electron chi connectivity index (χ4n) is 1.09. The zero-order valence-corrected chi connectivity index (χ0v) is 8.64. The van der Waals surface area contributed by atoms with Gasteiger partial charge in [-0.05, 0) is 32.4 Å². The lowest BCUT2D eigenvalue weighted by Gasteiger charge is -2.26. The van der Waals surface area contributed by atoms with Crippen molar-refractivity contribution >= 4 is 0 Å². The Morgan fingerprint density at radius 2 is 1.92 bits per heavy atom. The summed E-state index contributed by atoms with van der Waals surface area (Å²) in [6.45, 7) is 15.3. The van der Waals surface area contributed by atoms with Crippen LogP contribution in [0.4, 0.5) is 0 Å². The first kappa shape index (κ1) is 11.8. The van der Waals surface area contributed by atoms with E-state index in [1.165, 1.54) is 0 Å². The first-order chi connectivity index (χ1) is 6.05. The first-order valence-corrected chi connectivity index (χ1v) is 4.40. The Morgan fingerprint density at radius 3 is 2.31 bits per heavy atom. The summed E-state index contributed by atoms with van der Waals surface area (Å²) in [7, 11) is 0. The predicted octanol–water partition coefficient (Wildman–Crippen LogP) is 3.19. The molecule has 0 saturated heterocycles. The molecule has 0 unspecified atom stereocenters. The van der Waals surface area contributed by atoms with Crippen molar-refractivity contribution in [3.63, 3.8) is 0 Å². The van der Waals surface area contributed by atoms with Crippen molar-refractivity contribution in [2.75, 3.05) is 0 Å². The minimum absolute atomic E-state index is 0.0186. The molecule has 0 aromatic carbocycles. The van der Waals surface area contributed by atoms with Crippen LogP contribution in [0.5, 0.6) is 0 Å². The lowest BCUT2D eigenvalue weighted by Crippen LogP contribution is -2.37. The van der Waals surface area contributed by atoms with E-state index in [-0.39, 0.29) is 5.54 Å². The minimum Gasteiger partial charge on any atom is -0.380 e. The minimum atomic E-state index is 0.0186. The maximum atomic E-state index is 3.72. The van der Waals surface area contributed by atoms with E-state index in [4.69, 9.17) is 0 Å². The van der Waals surface area contributed by atoms with Gasteiger partial charge in [-0.25, -0.2) is 0 Å². The van der Waals surface area contributed by atoms with Crippen molar-refractivity contribution in [3.8, 4) is 0 Å². The molecule has 0 fully saturated rings. The Kier molecular flexibility index (Phi) is 4.90. The highest BCUT2D eigenvalue weighted by Gasteiger charge is 2.14. The van der Waals surface area contributed by atoms with Crippen LogP contribution in [0.1, 0.15) is 20.3 Å². The number of nitrogens with one attached hydrogen (secondary N) is 1. The highest BCUT2D eigenvalue weighted by atomic mass is 15.0. The van der Waals surface area contributed by atoms with Gasteiger partial charge in [0.25, 0.3) is 0 Å². The highest BCUT2D eigenvalue weighted by Crippen LogP contribution is 2.11. The summed E-state index contributed by atoms with van der Waals surface area (Å²) in [4.78, 5) is 0. The Balaban J connectivity index is 4.37. The molecule has 1 N–H and O–H groups in total. The van der Waals surface area contributed by atoms with Crippen LogP contribution in [0.3, 0.4) is 0 Å². The Morgan fingerprint density at radius 1 is 1.31 bits per heavy atom. The quantitative estimate of drug-likeness (QED) is 0.485. The van der Waals surface area contributed by atoms with E-state index in [1.54, 1.807) is 12.2 Å². The Hall–Kier alpha value is -1.24. The van der Waals surface area contributed by atoms with E-state index >= 15 is 0 Å². The Labute approximate surface area is 81.5 Å². The van der Waals surface area contributed by atoms with E-state index in [0.29, 0.717) is 0 Å². The highest BCUT2D eigenvalue weighted by molar-refractivity contribution is 5.21. The first-order valence-electron chi connectivity index (χ1n) is 4.40. The number of rotatable bonds is 6. The van der Waals surface area contributed by atoms with Gasteiger partial charge in [-0.2, -0.15) is 0 Å². The van der Waals surface area contributed by atoms with Gasteiger partial charge in [0.1, 0.15) is 0 Å². The predicted molar refractivity (Wildman–Crippen MR) is 60.5 cm³/mol. The molecular formula is C12H19N. The molecule has 0 aromatic heterocycles. The topological polar surface area (TPSA) is 12.0 Å². The molecule has 0 saturated carbocycles. The molecule has 0 aromatic rings. The Bertz CT molecular complexity index is 221. The lowest BCUT2D eigenvalue weighted by molar-refractivity contribution is 0.439. The van der Waals surface area contributed by atoms with Gasteiger partial charge in [0.15, 0.2) is 0 Å². The summed E-state index contributed by atoms with van der Waals surface area (Å²) in [5.74, 6) is 0. The molecule has 0 amide bonds. The second-order valence-electron chi connectivity index (χ2n) is 3.56. The van der Waals surface area contributed by atoms with Gasteiger partial charge in [-0.1, -0.05) is 25.3 Å². The van der Waals surface area contributed by atoms with Gasteiger partial charge in [0.05, 0.1) is 0 Å². The largest absolute Gasteiger partial charge is 0.380 e. The van der Waals surface area contributed by atoms with E-state index in [9.17, 15) is 0 Å². The second-order valence-corrected chi connectivity index (χ2v) is 3.56. The fourth-order valence-corrected chi connectivity index (χ4v) is 1.09. The van der Waals surface area contributed by atoms with Gasteiger partial charge in [0.2, 0.25) is 0 Å². The normalized spacial score (nSPS) is 12.0. The summed E-state index contributed by atoms with van der Waals surface area (Å²) in [6.07, 6.45) is 8.25. The lowest BCUT2D eigenvalue weighted by atomic mass is 10.0. The van der Waals surface area contributed by atoms with Gasteiger partial charge in [0, 0.05) is 11.2 Å². The summed E-state index contributed by atoms with van der Waals surface area (Å²) in [5, 5.41) is 3.35. The molecule has 72 valence electrons. The van der Waals surface area contributed by atoms with Crippen LogP contribution < -0.4 is 5.32 Å². The van der Waals surface area contributed by atoms with Crippen LogP contribution in [0.25, 0.3) is 0 Å². The molecule has 0 heterocycles. The molecule has 1 heteroatoms. The van der Waals surface area contributed by atoms with Crippen molar-refractivity contribution < 1.29 is 0 Å². The van der Waals surface area contributed by atoms with Crippen LogP contribution in [0.2, 0.25) is 0 Å². The molecule has 0 aliphatic carbocycles. The second kappa shape index (κ2) is 5.41. The zero-order chi connectivity index (χ0) is 10.3. The van der Waals surface area contributed by atoms with Crippen molar-refractivity contribution in [1.29, 1.82) is 0 Å². The van der Waals surface area contributed by atoms with Crippen molar-refractivity contribution in [2.24, 2.45) is 0 Å². The van der Waals surface area contributed by atoms with Gasteiger partial charge >= 0.3 is 0 Å². The van der Waals surface area contributed by atoms with Gasteiger partial charge in [-0.15, -0.1) is 6.58 Å². The van der Waals surface area contributed by atoms with Gasteiger partial charge < -0.3 is 5.32 Å². The molecule has 0 aliphatic rings. The average Bonchev–Trinajstić information content (AvgIpc) is 2.03. The molecule has 0 atom stereocenters. The average molecular weight is 177 g/mol. The standard InChI is InChI=1S/C12H19N/c1-6-9-11(8-3)13-12(4,5)10-7-2/h6-9,13H,1-3,10H2,4-5H3/b11-9+. The van der Waals surface area contributed by atoms with Crippen LogP contribution >= 0.6 is 0 Å². The van der Waals surface area contributed by atoms with Gasteiger partial charge in [-0.3, -0.25) is 0 Å². The number of hydrogen-bond acceptors (Lipinski definition) is 1. The summed E-state index contributed by atoms with van der Waals surface area (Å²) in [5.41, 5.74) is 1.01. The zero-order valence-electron chi connectivity index (χ0n) is 8.64. The monoisotopic (exact) mass is 177 g/mol. The summed E-state index contributed by atoms with van der Waals surface area (Å²) >= 11 is 0. The molecule has 0 spiro atoms. The molecule has 0 rings (SSSR count). The maximum Gasteiger partial charge on any atom is 0.0351 e. The third-order valence-electron chi connectivity index (χ3n) is 1.65. The van der Waals surface area contributed by atoms with E-state index in [2.05, 4.69) is 38.9 Å². The smallest absolute Gasteiger partial charge is 0.0351 e. The third kappa shape index (κ3) is 5.07. The van der Waals surface area contributed by atoms with Crippen LogP contribution in [0.15, 0.2) is 49.7 Å². The molecule has 1 nitrogen and oxygen atoms in total. The number of allylic oxidation sites excluding steroid dienone is 3. The third-order valence-corrected chi connectivity index (χ3v) is 1.65. The number of hydrogen-bond donors (Lipinski definition) is 1. The maximum absolute atomic E-state index is 3.72. The van der Waals surface area contributed by atoms with E-state index in [1.807, 2.05) is 12.2 Å². The summed E-state index contributed by atoms with van der Waals surface area (Å²) in [6, 6.07) is 0. The molecule has 0 radical (unpaired) electrons. The fraction of sp³-hybridized carbons (Fsp3) is 0.333. The molecule has 0 bridgehead atoms. The van der Waals surface area contributed by atoms with E-state index in [0.717, 1.165) is 12.1 Å². The van der Waals surface area contributed by atoms with Crippen molar-refractivity contribution in [2.45, 2.75) is 25.8 Å².